The lowest BCUT2D eigenvalue weighted by Gasteiger charge is -2.03. The van der Waals surface area contributed by atoms with Crippen molar-refractivity contribution in [3.8, 4) is 11.6 Å². The molecule has 0 unspecified atom stereocenters. The lowest BCUT2D eigenvalue weighted by molar-refractivity contribution is 0.430. The Morgan fingerprint density at radius 3 is 2.18 bits per heavy atom. The lowest BCUT2D eigenvalue weighted by atomic mass is 10.1. The van der Waals surface area contributed by atoms with Gasteiger partial charge in [-0.25, -0.2) is 4.68 Å². The van der Waals surface area contributed by atoms with Gasteiger partial charge in [0.2, 0.25) is 5.88 Å². The quantitative estimate of drug-likeness (QED) is 0.859. The Kier molecular flexibility index (Phi) is 2.92. The fourth-order valence-corrected chi connectivity index (χ4v) is 1.92. The molecule has 0 aliphatic carbocycles. The summed E-state index contributed by atoms with van der Waals surface area (Å²) >= 11 is 0. The zero-order valence-electron chi connectivity index (χ0n) is 10.7. The molecular formula is C14H18N2O. The topological polar surface area (TPSA) is 38.0 Å². The van der Waals surface area contributed by atoms with Crippen molar-refractivity contribution < 1.29 is 5.11 Å². The van der Waals surface area contributed by atoms with Gasteiger partial charge in [0.05, 0.1) is 11.4 Å². The van der Waals surface area contributed by atoms with Crippen LogP contribution >= 0.6 is 0 Å². The maximum Gasteiger partial charge on any atom is 0.217 e. The van der Waals surface area contributed by atoms with Gasteiger partial charge in [0.25, 0.3) is 0 Å². The minimum absolute atomic E-state index is 0.234. The summed E-state index contributed by atoms with van der Waals surface area (Å²) < 4.78 is 1.60. The second kappa shape index (κ2) is 4.24. The molecule has 3 heteroatoms. The lowest BCUT2D eigenvalue weighted by Crippen LogP contribution is -1.97. The Morgan fingerprint density at radius 1 is 1.12 bits per heavy atom. The number of rotatable bonds is 2. The van der Waals surface area contributed by atoms with Gasteiger partial charge in [-0.2, -0.15) is 5.10 Å². The number of aryl methyl sites for hydroxylation is 1. The average Bonchev–Trinajstić information content (AvgIpc) is 2.58. The maximum absolute atomic E-state index is 10.1. The van der Waals surface area contributed by atoms with E-state index in [9.17, 15) is 5.11 Å². The molecule has 0 aliphatic rings. The highest BCUT2D eigenvalue weighted by Crippen LogP contribution is 2.28. The summed E-state index contributed by atoms with van der Waals surface area (Å²) in [6.07, 6.45) is 0. The third-order valence-corrected chi connectivity index (χ3v) is 2.95. The molecule has 0 aliphatic heterocycles. The molecule has 0 amide bonds. The molecule has 1 aromatic carbocycles. The van der Waals surface area contributed by atoms with Crippen LogP contribution in [-0.4, -0.2) is 14.9 Å². The van der Waals surface area contributed by atoms with E-state index in [2.05, 4.69) is 18.9 Å². The van der Waals surface area contributed by atoms with Crippen LogP contribution in [0.3, 0.4) is 0 Å². The number of hydrogen-bond donors (Lipinski definition) is 1. The Hall–Kier alpha value is -1.77. The molecule has 0 atom stereocenters. The van der Waals surface area contributed by atoms with Gasteiger partial charge in [-0.1, -0.05) is 31.5 Å². The van der Waals surface area contributed by atoms with Crippen LogP contribution in [0.2, 0.25) is 0 Å². The number of aromatic hydroxyl groups is 1. The van der Waals surface area contributed by atoms with Crippen molar-refractivity contribution in [3.05, 3.63) is 41.1 Å². The van der Waals surface area contributed by atoms with Gasteiger partial charge in [-0.15, -0.1) is 0 Å². The van der Waals surface area contributed by atoms with E-state index in [1.807, 2.05) is 38.1 Å². The minimum Gasteiger partial charge on any atom is -0.493 e. The van der Waals surface area contributed by atoms with Gasteiger partial charge in [0.1, 0.15) is 0 Å². The summed E-state index contributed by atoms with van der Waals surface area (Å²) in [5.41, 5.74) is 3.90. The average molecular weight is 230 g/mol. The summed E-state index contributed by atoms with van der Waals surface area (Å²) in [7, 11) is 0. The molecule has 1 aromatic heterocycles. The summed E-state index contributed by atoms with van der Waals surface area (Å²) in [6.45, 7) is 8.10. The van der Waals surface area contributed by atoms with Crippen molar-refractivity contribution in [2.45, 2.75) is 33.6 Å². The molecular weight excluding hydrogens is 212 g/mol. The monoisotopic (exact) mass is 230 g/mol. The predicted molar refractivity (Wildman–Crippen MR) is 68.8 cm³/mol. The molecule has 0 saturated heterocycles. The fourth-order valence-electron chi connectivity index (χ4n) is 1.92. The molecule has 1 heterocycles. The van der Waals surface area contributed by atoms with Crippen LogP contribution in [-0.2, 0) is 0 Å². The van der Waals surface area contributed by atoms with E-state index in [1.165, 1.54) is 5.56 Å². The van der Waals surface area contributed by atoms with Gasteiger partial charge in [-0.05, 0) is 31.9 Å². The number of aromatic nitrogens is 2. The van der Waals surface area contributed by atoms with E-state index in [0.29, 0.717) is 5.92 Å². The van der Waals surface area contributed by atoms with Gasteiger partial charge in [0.15, 0.2) is 0 Å². The molecule has 0 fully saturated rings. The first-order chi connectivity index (χ1) is 8.00. The highest BCUT2D eigenvalue weighted by Gasteiger charge is 2.16. The van der Waals surface area contributed by atoms with E-state index in [-0.39, 0.29) is 5.88 Å². The number of nitrogens with zero attached hydrogens (tertiary/aromatic N) is 2. The molecule has 0 bridgehead atoms. The third kappa shape index (κ3) is 2.05. The van der Waals surface area contributed by atoms with Crippen molar-refractivity contribution in [3.63, 3.8) is 0 Å². The minimum atomic E-state index is 0.234. The standard InChI is InChI=1S/C14H18N2O/c1-9(2)13-11(4)14(17)16(15-13)12-7-5-10(3)6-8-12/h5-9,17H,1-4H3. The second-order valence-electron chi connectivity index (χ2n) is 4.74. The van der Waals surface area contributed by atoms with Crippen LogP contribution in [0, 0.1) is 13.8 Å². The molecule has 2 aromatic rings. The Balaban J connectivity index is 2.53. The Labute approximate surface area is 102 Å². The Morgan fingerprint density at radius 2 is 1.71 bits per heavy atom. The van der Waals surface area contributed by atoms with Crippen LogP contribution in [0.1, 0.15) is 36.6 Å². The van der Waals surface area contributed by atoms with Gasteiger partial charge >= 0.3 is 0 Å². The largest absolute Gasteiger partial charge is 0.493 e. The first-order valence-corrected chi connectivity index (χ1v) is 5.86. The van der Waals surface area contributed by atoms with E-state index in [1.54, 1.807) is 4.68 Å². The summed E-state index contributed by atoms with van der Waals surface area (Å²) in [5.74, 6) is 0.546. The van der Waals surface area contributed by atoms with Crippen LogP contribution in [0.5, 0.6) is 5.88 Å². The molecule has 0 saturated carbocycles. The van der Waals surface area contributed by atoms with E-state index in [0.717, 1.165) is 16.9 Å². The highest BCUT2D eigenvalue weighted by atomic mass is 16.3. The first-order valence-electron chi connectivity index (χ1n) is 5.86. The van der Waals surface area contributed by atoms with Gasteiger partial charge in [0, 0.05) is 5.56 Å². The van der Waals surface area contributed by atoms with E-state index >= 15 is 0 Å². The van der Waals surface area contributed by atoms with Crippen molar-refractivity contribution in [2.75, 3.05) is 0 Å². The van der Waals surface area contributed by atoms with Crippen LogP contribution in [0.4, 0.5) is 0 Å². The Bertz CT molecular complexity index is 524. The fraction of sp³-hybridized carbons (Fsp3) is 0.357. The second-order valence-corrected chi connectivity index (χ2v) is 4.74. The summed E-state index contributed by atoms with van der Waals surface area (Å²) in [4.78, 5) is 0. The number of hydrogen-bond acceptors (Lipinski definition) is 2. The van der Waals surface area contributed by atoms with Crippen LogP contribution in [0.15, 0.2) is 24.3 Å². The van der Waals surface area contributed by atoms with Gasteiger partial charge in [-0.3, -0.25) is 0 Å². The zero-order valence-corrected chi connectivity index (χ0v) is 10.7. The summed E-state index contributed by atoms with van der Waals surface area (Å²) in [6, 6.07) is 7.96. The van der Waals surface area contributed by atoms with Crippen molar-refractivity contribution in [2.24, 2.45) is 0 Å². The zero-order chi connectivity index (χ0) is 12.6. The maximum atomic E-state index is 10.1. The van der Waals surface area contributed by atoms with E-state index in [4.69, 9.17) is 0 Å². The SMILES string of the molecule is Cc1ccc(-n2nc(C(C)C)c(C)c2O)cc1. The molecule has 3 nitrogen and oxygen atoms in total. The number of benzene rings is 1. The summed E-state index contributed by atoms with van der Waals surface area (Å²) in [5, 5.41) is 14.6. The molecule has 0 spiro atoms. The van der Waals surface area contributed by atoms with Gasteiger partial charge < -0.3 is 5.11 Å². The molecule has 17 heavy (non-hydrogen) atoms. The van der Waals surface area contributed by atoms with Crippen molar-refractivity contribution >= 4 is 0 Å². The van der Waals surface area contributed by atoms with Crippen LogP contribution in [0.25, 0.3) is 5.69 Å². The van der Waals surface area contributed by atoms with E-state index < -0.39 is 0 Å². The predicted octanol–water partition coefficient (Wildman–Crippen LogP) is 3.32. The van der Waals surface area contributed by atoms with Crippen LogP contribution < -0.4 is 0 Å². The third-order valence-electron chi connectivity index (χ3n) is 2.95. The smallest absolute Gasteiger partial charge is 0.217 e. The first kappa shape index (κ1) is 11.7. The van der Waals surface area contributed by atoms with Crippen molar-refractivity contribution in [1.82, 2.24) is 9.78 Å². The molecule has 1 N–H and O–H groups in total. The highest BCUT2D eigenvalue weighted by molar-refractivity contribution is 5.41. The van der Waals surface area contributed by atoms with Crippen molar-refractivity contribution in [1.29, 1.82) is 0 Å². The molecule has 0 radical (unpaired) electrons. The normalized spacial score (nSPS) is 11.1. The molecule has 2 rings (SSSR count). The molecule has 90 valence electrons.